The van der Waals surface area contributed by atoms with Crippen molar-refractivity contribution in [2.24, 2.45) is 11.7 Å². The first-order valence-corrected chi connectivity index (χ1v) is 8.00. The van der Waals surface area contributed by atoms with Gasteiger partial charge in [-0.15, -0.1) is 0 Å². The molecular formula is C14H23BrN4O. The summed E-state index contributed by atoms with van der Waals surface area (Å²) in [6, 6.07) is 0.328. The number of halogens is 1. The average Bonchev–Trinajstić information content (AvgIpc) is 2.41. The molecule has 1 aromatic heterocycles. The molecule has 0 radical (unpaired) electrons. The Balaban J connectivity index is 2.42. The van der Waals surface area contributed by atoms with Gasteiger partial charge in [0.05, 0.1) is 17.9 Å². The standard InChI is InChI=1S/C14H23BrN4O/c1-9(2)19-14(20)13(15)12(8-17-19)18-6-4-5-10(3)11(18)7-16/h8-11H,4-7,16H2,1-3H3. The van der Waals surface area contributed by atoms with E-state index in [4.69, 9.17) is 5.73 Å². The maximum Gasteiger partial charge on any atom is 0.283 e. The number of nitrogens with two attached hydrogens (primary N) is 1. The van der Waals surface area contributed by atoms with Crippen LogP contribution in [0.3, 0.4) is 0 Å². The Hall–Kier alpha value is -0.880. The maximum atomic E-state index is 12.3. The van der Waals surface area contributed by atoms with Crippen LogP contribution in [0, 0.1) is 5.92 Å². The molecule has 2 unspecified atom stereocenters. The molecule has 1 aromatic rings. The quantitative estimate of drug-likeness (QED) is 0.913. The first-order chi connectivity index (χ1) is 9.47. The van der Waals surface area contributed by atoms with Crippen molar-refractivity contribution in [3.8, 4) is 0 Å². The summed E-state index contributed by atoms with van der Waals surface area (Å²) in [5.74, 6) is 0.535. The topological polar surface area (TPSA) is 64.2 Å². The molecule has 6 heteroatoms. The van der Waals surface area contributed by atoms with Gasteiger partial charge in [-0.1, -0.05) is 6.92 Å². The number of piperidine rings is 1. The fourth-order valence-corrected chi connectivity index (χ4v) is 3.42. The monoisotopic (exact) mass is 342 g/mol. The van der Waals surface area contributed by atoms with Crippen LogP contribution in [0.1, 0.15) is 39.7 Å². The number of hydrogen-bond acceptors (Lipinski definition) is 4. The summed E-state index contributed by atoms with van der Waals surface area (Å²) in [4.78, 5) is 14.6. The lowest BCUT2D eigenvalue weighted by atomic mass is 9.90. The molecule has 0 bridgehead atoms. The third-order valence-electron chi connectivity index (χ3n) is 4.08. The Bertz CT molecular complexity index is 528. The van der Waals surface area contributed by atoms with Crippen LogP contribution in [0.15, 0.2) is 15.5 Å². The fraction of sp³-hybridized carbons (Fsp3) is 0.714. The van der Waals surface area contributed by atoms with Crippen molar-refractivity contribution in [3.63, 3.8) is 0 Å². The van der Waals surface area contributed by atoms with Crippen LogP contribution in [0.25, 0.3) is 0 Å². The average molecular weight is 343 g/mol. The van der Waals surface area contributed by atoms with Gasteiger partial charge in [0.1, 0.15) is 4.47 Å². The van der Waals surface area contributed by atoms with E-state index in [9.17, 15) is 4.79 Å². The van der Waals surface area contributed by atoms with Gasteiger partial charge in [0.25, 0.3) is 5.56 Å². The molecule has 1 aliphatic rings. The van der Waals surface area contributed by atoms with E-state index in [2.05, 4.69) is 32.9 Å². The third kappa shape index (κ3) is 2.76. The van der Waals surface area contributed by atoms with Gasteiger partial charge in [-0.05, 0) is 48.5 Å². The van der Waals surface area contributed by atoms with E-state index >= 15 is 0 Å². The summed E-state index contributed by atoms with van der Waals surface area (Å²) in [5, 5.41) is 4.30. The fourth-order valence-electron chi connectivity index (χ4n) is 2.91. The van der Waals surface area contributed by atoms with Crippen LogP contribution in [0.5, 0.6) is 0 Å². The summed E-state index contributed by atoms with van der Waals surface area (Å²) < 4.78 is 2.09. The van der Waals surface area contributed by atoms with Crippen molar-refractivity contribution in [1.29, 1.82) is 0 Å². The van der Waals surface area contributed by atoms with Gasteiger partial charge in [0, 0.05) is 19.1 Å². The van der Waals surface area contributed by atoms with Gasteiger partial charge >= 0.3 is 0 Å². The van der Waals surface area contributed by atoms with E-state index in [1.807, 2.05) is 13.8 Å². The van der Waals surface area contributed by atoms with Gasteiger partial charge < -0.3 is 10.6 Å². The molecule has 1 fully saturated rings. The molecule has 2 N–H and O–H groups in total. The molecule has 0 amide bonds. The molecule has 2 atom stereocenters. The summed E-state index contributed by atoms with van der Waals surface area (Å²) >= 11 is 3.46. The largest absolute Gasteiger partial charge is 0.365 e. The first-order valence-electron chi connectivity index (χ1n) is 7.21. The van der Waals surface area contributed by atoms with Crippen LogP contribution in [-0.4, -0.2) is 28.9 Å². The van der Waals surface area contributed by atoms with Gasteiger partial charge in [-0.2, -0.15) is 5.10 Å². The molecule has 5 nitrogen and oxygen atoms in total. The second kappa shape index (κ2) is 6.26. The van der Waals surface area contributed by atoms with E-state index in [0.29, 0.717) is 16.9 Å². The molecule has 2 heterocycles. The normalized spacial score (nSPS) is 23.4. The molecule has 0 saturated carbocycles. The van der Waals surface area contributed by atoms with Crippen molar-refractivity contribution in [1.82, 2.24) is 9.78 Å². The van der Waals surface area contributed by atoms with Gasteiger partial charge in [0.2, 0.25) is 0 Å². The zero-order valence-electron chi connectivity index (χ0n) is 12.3. The van der Waals surface area contributed by atoms with Crippen molar-refractivity contribution in [2.45, 2.75) is 45.7 Å². The Labute approximate surface area is 128 Å². The highest BCUT2D eigenvalue weighted by Crippen LogP contribution is 2.31. The number of nitrogens with zero attached hydrogens (tertiary/aromatic N) is 3. The van der Waals surface area contributed by atoms with Crippen LogP contribution >= 0.6 is 15.9 Å². The highest BCUT2D eigenvalue weighted by Gasteiger charge is 2.29. The van der Waals surface area contributed by atoms with E-state index in [1.165, 1.54) is 11.1 Å². The predicted molar refractivity (Wildman–Crippen MR) is 85.2 cm³/mol. The summed E-state index contributed by atoms with van der Waals surface area (Å²) in [6.45, 7) is 7.65. The van der Waals surface area contributed by atoms with E-state index in [-0.39, 0.29) is 17.6 Å². The maximum absolute atomic E-state index is 12.3. The van der Waals surface area contributed by atoms with Crippen molar-refractivity contribution < 1.29 is 0 Å². The van der Waals surface area contributed by atoms with E-state index < -0.39 is 0 Å². The summed E-state index contributed by atoms with van der Waals surface area (Å²) in [7, 11) is 0. The van der Waals surface area contributed by atoms with Crippen LogP contribution in [0.4, 0.5) is 5.69 Å². The summed E-state index contributed by atoms with van der Waals surface area (Å²) in [6.07, 6.45) is 4.09. The van der Waals surface area contributed by atoms with E-state index in [1.54, 1.807) is 6.20 Å². The Morgan fingerprint density at radius 2 is 2.25 bits per heavy atom. The van der Waals surface area contributed by atoms with Crippen molar-refractivity contribution >= 4 is 21.6 Å². The molecule has 112 valence electrons. The SMILES string of the molecule is CC1CCCN(c2cnn(C(C)C)c(=O)c2Br)C1CN. The number of hydrogen-bond donors (Lipinski definition) is 1. The molecule has 20 heavy (non-hydrogen) atoms. The minimum Gasteiger partial charge on any atom is -0.365 e. The Morgan fingerprint density at radius 3 is 2.85 bits per heavy atom. The van der Waals surface area contributed by atoms with Crippen molar-refractivity contribution in [2.75, 3.05) is 18.0 Å². The Kier molecular flexibility index (Phi) is 4.86. The van der Waals surface area contributed by atoms with Crippen molar-refractivity contribution in [3.05, 3.63) is 21.0 Å². The first kappa shape index (κ1) is 15.5. The van der Waals surface area contributed by atoms with Crippen LogP contribution in [-0.2, 0) is 0 Å². The van der Waals surface area contributed by atoms with Gasteiger partial charge in [-0.3, -0.25) is 4.79 Å². The minimum absolute atomic E-state index is 0.0541. The molecule has 2 rings (SSSR count). The van der Waals surface area contributed by atoms with Crippen LogP contribution < -0.4 is 16.2 Å². The zero-order valence-corrected chi connectivity index (χ0v) is 13.9. The highest BCUT2D eigenvalue weighted by molar-refractivity contribution is 9.10. The smallest absolute Gasteiger partial charge is 0.283 e. The zero-order chi connectivity index (χ0) is 14.9. The third-order valence-corrected chi connectivity index (χ3v) is 4.83. The van der Waals surface area contributed by atoms with E-state index in [0.717, 1.165) is 18.7 Å². The number of aromatic nitrogens is 2. The molecular weight excluding hydrogens is 320 g/mol. The Morgan fingerprint density at radius 1 is 1.55 bits per heavy atom. The lowest BCUT2D eigenvalue weighted by Gasteiger charge is -2.41. The number of rotatable bonds is 3. The second-order valence-electron chi connectivity index (χ2n) is 5.80. The lowest BCUT2D eigenvalue weighted by Crippen LogP contribution is -2.49. The number of anilines is 1. The molecule has 0 aliphatic carbocycles. The van der Waals surface area contributed by atoms with Gasteiger partial charge in [0.15, 0.2) is 0 Å². The minimum atomic E-state index is -0.0773. The second-order valence-corrected chi connectivity index (χ2v) is 6.60. The molecule has 1 aliphatic heterocycles. The van der Waals surface area contributed by atoms with Crippen LogP contribution in [0.2, 0.25) is 0 Å². The molecule has 0 spiro atoms. The predicted octanol–water partition coefficient (Wildman–Crippen LogP) is 2.15. The molecule has 1 saturated heterocycles. The van der Waals surface area contributed by atoms with Gasteiger partial charge in [-0.25, -0.2) is 4.68 Å². The molecule has 0 aromatic carbocycles. The lowest BCUT2D eigenvalue weighted by molar-refractivity contribution is 0.348. The highest BCUT2D eigenvalue weighted by atomic mass is 79.9. The summed E-state index contributed by atoms with van der Waals surface area (Å²) in [5.41, 5.74) is 6.72.